The van der Waals surface area contributed by atoms with Crippen LogP contribution in [0.1, 0.15) is 37.0 Å². The summed E-state index contributed by atoms with van der Waals surface area (Å²) in [5.74, 6) is 6.29. The van der Waals surface area contributed by atoms with Gasteiger partial charge >= 0.3 is 0 Å². The largest absolute Gasteiger partial charge is 0.382 e. The first kappa shape index (κ1) is 26.8. The van der Waals surface area contributed by atoms with Crippen molar-refractivity contribution in [3.63, 3.8) is 0 Å². The van der Waals surface area contributed by atoms with Crippen molar-refractivity contribution < 1.29 is 4.39 Å². The van der Waals surface area contributed by atoms with Crippen LogP contribution in [-0.4, -0.2) is 51.3 Å². The zero-order chi connectivity index (χ0) is 27.2. The molecule has 0 saturated carbocycles. The van der Waals surface area contributed by atoms with Crippen LogP contribution in [0.2, 0.25) is 5.02 Å². The van der Waals surface area contributed by atoms with Crippen molar-refractivity contribution in [1.82, 2.24) is 29.9 Å². The fourth-order valence-corrected chi connectivity index (χ4v) is 4.12. The zero-order valence-corrected chi connectivity index (χ0v) is 21.9. The van der Waals surface area contributed by atoms with Gasteiger partial charge in [-0.3, -0.25) is 4.79 Å². The first-order valence-corrected chi connectivity index (χ1v) is 12.3. The third-order valence-corrected chi connectivity index (χ3v) is 6.09. The molecule has 0 aliphatic rings. The van der Waals surface area contributed by atoms with E-state index in [4.69, 9.17) is 22.3 Å². The van der Waals surface area contributed by atoms with Gasteiger partial charge in [0.1, 0.15) is 35.0 Å². The fraction of sp³-hybridized carbons (Fsp3) is 0.269. The molecule has 10 nitrogen and oxygen atoms in total. The Labute approximate surface area is 224 Å². The number of rotatable bonds is 8. The van der Waals surface area contributed by atoms with Gasteiger partial charge in [0.2, 0.25) is 0 Å². The molecule has 38 heavy (non-hydrogen) atoms. The molecular weight excluding hydrogens is 509 g/mol. The van der Waals surface area contributed by atoms with Crippen LogP contribution in [0.15, 0.2) is 47.7 Å². The smallest absolute Gasteiger partial charge is 0.281 e. The second-order valence-electron chi connectivity index (χ2n) is 8.33. The van der Waals surface area contributed by atoms with Crippen molar-refractivity contribution in [3.8, 4) is 11.8 Å². The summed E-state index contributed by atoms with van der Waals surface area (Å²) in [5.41, 5.74) is 7.03. The molecule has 3 aromatic heterocycles. The van der Waals surface area contributed by atoms with E-state index >= 15 is 0 Å². The summed E-state index contributed by atoms with van der Waals surface area (Å²) in [7, 11) is 1.85. The van der Waals surface area contributed by atoms with Crippen LogP contribution in [0.4, 0.5) is 16.0 Å². The third-order valence-electron chi connectivity index (χ3n) is 5.78. The van der Waals surface area contributed by atoms with E-state index in [0.717, 1.165) is 6.20 Å². The number of hydrogen-bond acceptors (Lipinski definition) is 9. The number of nitrogen functional groups attached to an aromatic ring is 1. The van der Waals surface area contributed by atoms with Crippen LogP contribution in [-0.2, 0) is 0 Å². The Morgan fingerprint density at radius 1 is 1.21 bits per heavy atom. The molecule has 0 fully saturated rings. The van der Waals surface area contributed by atoms with Crippen molar-refractivity contribution in [2.75, 3.05) is 42.7 Å². The fourth-order valence-electron chi connectivity index (χ4n) is 3.87. The van der Waals surface area contributed by atoms with Gasteiger partial charge in [0.15, 0.2) is 5.82 Å². The number of nitrogens with one attached hydrogen (secondary N) is 2. The Balaban J connectivity index is 1.79. The van der Waals surface area contributed by atoms with E-state index in [1.807, 2.05) is 25.9 Å². The molecular formula is C26H27ClFN9O. The average molecular weight is 536 g/mol. The lowest BCUT2D eigenvalue weighted by atomic mass is 10.2. The van der Waals surface area contributed by atoms with E-state index in [2.05, 4.69) is 37.4 Å². The van der Waals surface area contributed by atoms with Gasteiger partial charge in [0, 0.05) is 19.6 Å². The van der Waals surface area contributed by atoms with Crippen LogP contribution >= 0.6 is 11.6 Å². The predicted octanol–water partition coefficient (Wildman–Crippen LogP) is 2.71. The van der Waals surface area contributed by atoms with Gasteiger partial charge < -0.3 is 21.4 Å². The minimum absolute atomic E-state index is 0.157. The first-order valence-electron chi connectivity index (χ1n) is 12.0. The van der Waals surface area contributed by atoms with Gasteiger partial charge in [-0.15, -0.1) is 0 Å². The molecule has 4 N–H and O–H groups in total. The second-order valence-corrected chi connectivity index (χ2v) is 8.74. The molecule has 4 aromatic rings. The molecule has 196 valence electrons. The van der Waals surface area contributed by atoms with Gasteiger partial charge in [-0.25, -0.2) is 29.0 Å². The monoisotopic (exact) mass is 535 g/mol. The van der Waals surface area contributed by atoms with Crippen LogP contribution in [0.5, 0.6) is 0 Å². The number of halogens is 2. The topological polar surface area (TPSA) is 127 Å². The van der Waals surface area contributed by atoms with Crippen molar-refractivity contribution in [2.24, 2.45) is 0 Å². The standard InChI is InChI=1S/C26H27ClFN9O/c1-4-36(13-12-30-3)37-25(35-21-7-5-6-20(27)22(21)26(37)38)16(2)34-24-19(23(29)32-15-33-24)11-10-18-9-8-17(28)14-31-18/h5-9,14-16,30H,4,12-13H2,1-3H3,(H3,29,32,33,34). The molecule has 1 unspecified atom stereocenters. The number of hydrogen-bond donors (Lipinski definition) is 3. The lowest BCUT2D eigenvalue weighted by Crippen LogP contribution is -2.48. The van der Waals surface area contributed by atoms with E-state index in [9.17, 15) is 9.18 Å². The molecule has 0 spiro atoms. The summed E-state index contributed by atoms with van der Waals surface area (Å²) in [6.45, 7) is 5.59. The van der Waals surface area contributed by atoms with Crippen LogP contribution < -0.4 is 26.9 Å². The van der Waals surface area contributed by atoms with Gasteiger partial charge in [-0.1, -0.05) is 23.6 Å². The number of pyridine rings is 1. The van der Waals surface area contributed by atoms with E-state index in [-0.39, 0.29) is 11.4 Å². The summed E-state index contributed by atoms with van der Waals surface area (Å²) >= 11 is 6.41. The van der Waals surface area contributed by atoms with E-state index in [0.29, 0.717) is 58.5 Å². The number of nitrogens with two attached hydrogens (primary N) is 1. The molecule has 0 bridgehead atoms. The van der Waals surface area contributed by atoms with Gasteiger partial charge in [-0.2, -0.15) is 0 Å². The summed E-state index contributed by atoms with van der Waals surface area (Å²) in [5, 5.41) is 8.98. The van der Waals surface area contributed by atoms with E-state index in [1.165, 1.54) is 18.5 Å². The maximum atomic E-state index is 13.7. The number of nitrogens with zero attached hydrogens (tertiary/aromatic N) is 6. The average Bonchev–Trinajstić information content (AvgIpc) is 2.90. The van der Waals surface area contributed by atoms with Crippen LogP contribution in [0, 0.1) is 17.7 Å². The highest BCUT2D eigenvalue weighted by atomic mass is 35.5. The normalized spacial score (nSPS) is 11.6. The Bertz CT molecular complexity index is 1560. The number of benzene rings is 1. The van der Waals surface area contributed by atoms with Gasteiger partial charge in [-0.05, 0) is 51.1 Å². The zero-order valence-electron chi connectivity index (χ0n) is 21.2. The highest BCUT2D eigenvalue weighted by Gasteiger charge is 2.22. The molecule has 1 atom stereocenters. The van der Waals surface area contributed by atoms with Crippen molar-refractivity contribution in [1.29, 1.82) is 0 Å². The maximum Gasteiger partial charge on any atom is 0.281 e. The lowest BCUT2D eigenvalue weighted by Gasteiger charge is -2.30. The molecule has 0 saturated heterocycles. The first-order chi connectivity index (χ1) is 18.3. The summed E-state index contributed by atoms with van der Waals surface area (Å²) in [6.07, 6.45) is 2.40. The molecule has 0 aliphatic carbocycles. The van der Waals surface area contributed by atoms with Crippen molar-refractivity contribution in [2.45, 2.75) is 19.9 Å². The highest BCUT2D eigenvalue weighted by molar-refractivity contribution is 6.35. The number of aromatic nitrogens is 5. The molecule has 12 heteroatoms. The lowest BCUT2D eigenvalue weighted by molar-refractivity contribution is 0.526. The number of likely N-dealkylation sites (N-methyl/N-ethyl adjacent to an activating group) is 2. The van der Waals surface area contributed by atoms with Crippen molar-refractivity contribution >= 4 is 34.1 Å². The number of fused-ring (bicyclic) bond motifs is 1. The molecule has 0 radical (unpaired) electrons. The molecule has 0 amide bonds. The summed E-state index contributed by atoms with van der Waals surface area (Å²) < 4.78 is 14.8. The third kappa shape index (κ3) is 5.66. The Kier molecular flexibility index (Phi) is 8.35. The highest BCUT2D eigenvalue weighted by Crippen LogP contribution is 2.24. The summed E-state index contributed by atoms with van der Waals surface area (Å²) in [4.78, 5) is 30.9. The summed E-state index contributed by atoms with van der Waals surface area (Å²) in [6, 6.07) is 7.41. The number of anilines is 2. The molecule has 4 rings (SSSR count). The van der Waals surface area contributed by atoms with Gasteiger partial charge in [0.05, 0.1) is 28.2 Å². The van der Waals surface area contributed by atoms with E-state index < -0.39 is 11.9 Å². The SMILES string of the molecule is CCN(CCNC)n1c(C(C)Nc2ncnc(N)c2C#Cc2ccc(F)cn2)nc2cccc(Cl)c2c1=O. The van der Waals surface area contributed by atoms with Crippen LogP contribution in [0.3, 0.4) is 0 Å². The van der Waals surface area contributed by atoms with Crippen LogP contribution in [0.25, 0.3) is 10.9 Å². The molecule has 3 heterocycles. The Hall–Kier alpha value is -4.27. The second kappa shape index (κ2) is 11.9. The van der Waals surface area contributed by atoms with Crippen molar-refractivity contribution in [3.05, 3.63) is 81.1 Å². The van der Waals surface area contributed by atoms with E-state index in [1.54, 1.807) is 22.9 Å². The minimum atomic E-state index is -0.506. The maximum absolute atomic E-state index is 13.7. The Morgan fingerprint density at radius 2 is 2.03 bits per heavy atom. The quantitative estimate of drug-likeness (QED) is 0.292. The predicted molar refractivity (Wildman–Crippen MR) is 147 cm³/mol. The minimum Gasteiger partial charge on any atom is -0.382 e. The van der Waals surface area contributed by atoms with Gasteiger partial charge in [0.25, 0.3) is 5.56 Å². The molecule has 0 aliphatic heterocycles. The Morgan fingerprint density at radius 3 is 2.74 bits per heavy atom. The molecule has 1 aromatic carbocycles.